The largest absolute Gasteiger partial charge is 0.396 e. The molecule has 0 spiro atoms. The third-order valence-electron chi connectivity index (χ3n) is 4.47. The summed E-state index contributed by atoms with van der Waals surface area (Å²) in [6.45, 7) is -2.13. The molecule has 1 N–H and O–H groups in total. The molecule has 1 heteroatoms. The Hall–Kier alpha value is -1.60. The van der Waals surface area contributed by atoms with Crippen molar-refractivity contribution in [3.05, 3.63) is 70.8 Å². The lowest BCUT2D eigenvalue weighted by atomic mass is 9.59. The minimum absolute atomic E-state index is 0.0348. The maximum Gasteiger partial charge on any atom is 0.0567 e. The van der Waals surface area contributed by atoms with Crippen molar-refractivity contribution in [2.24, 2.45) is 5.92 Å². The smallest absolute Gasteiger partial charge is 0.0567 e. The van der Waals surface area contributed by atoms with E-state index in [2.05, 4.69) is 24.3 Å². The van der Waals surface area contributed by atoms with E-state index in [1.807, 2.05) is 24.3 Å². The van der Waals surface area contributed by atoms with E-state index in [0.717, 1.165) is 0 Å². The molecule has 0 fully saturated rings. The molecule has 2 aromatic rings. The Morgan fingerprint density at radius 2 is 1.44 bits per heavy atom. The van der Waals surface area contributed by atoms with Gasteiger partial charge in [-0.05, 0) is 34.6 Å². The van der Waals surface area contributed by atoms with Gasteiger partial charge in [0.05, 0.1) is 2.74 Å². The fourth-order valence-electron chi connectivity index (χ4n) is 3.76. The van der Waals surface area contributed by atoms with Gasteiger partial charge < -0.3 is 5.11 Å². The van der Waals surface area contributed by atoms with Gasteiger partial charge in [-0.1, -0.05) is 48.5 Å². The Bertz CT molecular complexity index is 627. The van der Waals surface area contributed by atoms with E-state index < -0.39 is 6.56 Å². The van der Waals surface area contributed by atoms with Crippen molar-refractivity contribution in [3.63, 3.8) is 0 Å². The van der Waals surface area contributed by atoms with Crippen molar-refractivity contribution in [3.8, 4) is 0 Å². The van der Waals surface area contributed by atoms with Crippen LogP contribution in [-0.2, 0) is 0 Å². The van der Waals surface area contributed by atoms with Crippen LogP contribution in [0.5, 0.6) is 0 Å². The quantitative estimate of drug-likeness (QED) is 0.808. The summed E-state index contributed by atoms with van der Waals surface area (Å²) in [6.07, 6.45) is 0.683. The van der Waals surface area contributed by atoms with Gasteiger partial charge in [0, 0.05) is 18.4 Å². The van der Waals surface area contributed by atoms with Crippen LogP contribution in [0.2, 0.25) is 0 Å². The van der Waals surface area contributed by atoms with Gasteiger partial charge in [-0.2, -0.15) is 0 Å². The van der Waals surface area contributed by atoms with E-state index in [-0.39, 0.29) is 17.8 Å². The maximum absolute atomic E-state index is 9.95. The lowest BCUT2D eigenvalue weighted by Crippen LogP contribution is -2.33. The molecule has 0 amide bonds. The van der Waals surface area contributed by atoms with Crippen molar-refractivity contribution >= 4 is 0 Å². The molecular weight excluding hydrogens is 220 g/mol. The van der Waals surface area contributed by atoms with Crippen LogP contribution in [0.25, 0.3) is 0 Å². The standard InChI is InChI=1S/C17H16O/c18-10-11-9-16-12-5-1-3-7-14(12)17(11)15-8-4-2-6-13(15)16/h1-8,11,16-18H,9-10H2/i10D2. The van der Waals surface area contributed by atoms with Gasteiger partial charge in [-0.25, -0.2) is 0 Å². The highest BCUT2D eigenvalue weighted by Gasteiger charge is 2.42. The Kier molecular flexibility index (Phi) is 1.74. The van der Waals surface area contributed by atoms with Crippen molar-refractivity contribution in [2.45, 2.75) is 18.3 Å². The highest BCUT2D eigenvalue weighted by molar-refractivity contribution is 5.55. The zero-order valence-electron chi connectivity index (χ0n) is 12.0. The van der Waals surface area contributed by atoms with Gasteiger partial charge >= 0.3 is 0 Å². The first-order valence-corrected chi connectivity index (χ1v) is 6.47. The number of rotatable bonds is 1. The Labute approximate surface area is 110 Å². The van der Waals surface area contributed by atoms with Crippen LogP contribution in [0.3, 0.4) is 0 Å². The Balaban J connectivity index is 1.98. The lowest BCUT2D eigenvalue weighted by molar-refractivity contribution is 0.186. The van der Waals surface area contributed by atoms with Gasteiger partial charge in [0.1, 0.15) is 0 Å². The topological polar surface area (TPSA) is 20.2 Å². The minimum Gasteiger partial charge on any atom is -0.396 e. The molecule has 5 rings (SSSR count). The molecule has 0 radical (unpaired) electrons. The van der Waals surface area contributed by atoms with Crippen molar-refractivity contribution < 1.29 is 7.85 Å². The molecule has 3 aliphatic rings. The van der Waals surface area contributed by atoms with Gasteiger partial charge in [-0.15, -0.1) is 0 Å². The molecule has 1 unspecified atom stereocenters. The molecule has 2 aromatic carbocycles. The van der Waals surface area contributed by atoms with Crippen molar-refractivity contribution in [1.29, 1.82) is 0 Å². The monoisotopic (exact) mass is 238 g/mol. The number of benzene rings is 2. The molecule has 0 saturated heterocycles. The summed E-state index contributed by atoms with van der Waals surface area (Å²) >= 11 is 0. The molecule has 1 atom stereocenters. The first kappa shape index (κ1) is 8.49. The van der Waals surface area contributed by atoms with E-state index in [4.69, 9.17) is 2.74 Å². The number of fused-ring (bicyclic) bond motifs is 1. The molecule has 1 nitrogen and oxygen atoms in total. The van der Waals surface area contributed by atoms with Crippen LogP contribution in [0.4, 0.5) is 0 Å². The predicted octanol–water partition coefficient (Wildman–Crippen LogP) is 3.28. The lowest BCUT2D eigenvalue weighted by Gasteiger charge is -2.45. The molecule has 0 aromatic heterocycles. The normalized spacial score (nSPS) is 30.2. The average Bonchev–Trinajstić information content (AvgIpc) is 2.46. The zero-order valence-corrected chi connectivity index (χ0v) is 10.0. The van der Waals surface area contributed by atoms with E-state index in [1.54, 1.807) is 0 Å². The van der Waals surface area contributed by atoms with Gasteiger partial charge in [0.2, 0.25) is 0 Å². The summed E-state index contributed by atoms with van der Waals surface area (Å²) in [4.78, 5) is 0. The van der Waals surface area contributed by atoms with Crippen LogP contribution in [-0.4, -0.2) is 11.7 Å². The van der Waals surface area contributed by atoms with E-state index in [0.29, 0.717) is 6.42 Å². The second-order valence-corrected chi connectivity index (χ2v) is 5.26. The third kappa shape index (κ3) is 1.20. The molecule has 0 heterocycles. The van der Waals surface area contributed by atoms with Gasteiger partial charge in [-0.3, -0.25) is 0 Å². The third-order valence-corrected chi connectivity index (χ3v) is 4.47. The van der Waals surface area contributed by atoms with Crippen LogP contribution in [0, 0.1) is 5.92 Å². The minimum atomic E-state index is -2.13. The number of aliphatic hydroxyl groups is 1. The second kappa shape index (κ2) is 3.69. The fourth-order valence-corrected chi connectivity index (χ4v) is 3.76. The first-order valence-electron chi connectivity index (χ1n) is 7.47. The zero-order chi connectivity index (χ0) is 13.9. The van der Waals surface area contributed by atoms with Crippen LogP contribution in [0.1, 0.15) is 43.3 Å². The van der Waals surface area contributed by atoms with E-state index >= 15 is 0 Å². The maximum atomic E-state index is 9.95. The van der Waals surface area contributed by atoms with Gasteiger partial charge in [0.15, 0.2) is 0 Å². The highest BCUT2D eigenvalue weighted by atomic mass is 16.3. The molecule has 18 heavy (non-hydrogen) atoms. The molecule has 2 bridgehead atoms. The number of hydrogen-bond donors (Lipinski definition) is 1. The summed E-state index contributed by atoms with van der Waals surface area (Å²) in [6, 6.07) is 16.6. The SMILES string of the molecule is [2H]C([2H])(O)C1CC2c3ccccc3C1c1ccccc12. The Morgan fingerprint density at radius 3 is 1.94 bits per heavy atom. The molecule has 0 aliphatic heterocycles. The summed E-state index contributed by atoms with van der Waals surface area (Å²) in [5.41, 5.74) is 4.98. The van der Waals surface area contributed by atoms with Crippen molar-refractivity contribution in [2.75, 3.05) is 6.56 Å². The fraction of sp³-hybridized carbons (Fsp3) is 0.294. The average molecular weight is 238 g/mol. The molecule has 90 valence electrons. The predicted molar refractivity (Wildman–Crippen MR) is 71.8 cm³/mol. The summed E-state index contributed by atoms with van der Waals surface area (Å²) in [5.74, 6) is -0.190. The van der Waals surface area contributed by atoms with Crippen LogP contribution in [0.15, 0.2) is 48.5 Å². The molecule has 3 aliphatic carbocycles. The first-order chi connectivity index (χ1) is 9.57. The van der Waals surface area contributed by atoms with E-state index in [1.165, 1.54) is 22.3 Å². The second-order valence-electron chi connectivity index (χ2n) is 5.26. The number of hydrogen-bond acceptors (Lipinski definition) is 1. The highest BCUT2D eigenvalue weighted by Crippen LogP contribution is 2.54. The molecular formula is C17H16O. The van der Waals surface area contributed by atoms with E-state index in [9.17, 15) is 5.11 Å². The summed E-state index contributed by atoms with van der Waals surface area (Å²) in [7, 11) is 0. The summed E-state index contributed by atoms with van der Waals surface area (Å²) < 4.78 is 15.6. The van der Waals surface area contributed by atoms with Crippen molar-refractivity contribution in [1.82, 2.24) is 0 Å². The van der Waals surface area contributed by atoms with Crippen LogP contribution < -0.4 is 0 Å². The van der Waals surface area contributed by atoms with Gasteiger partial charge in [0.25, 0.3) is 0 Å². The Morgan fingerprint density at radius 1 is 0.944 bits per heavy atom. The van der Waals surface area contributed by atoms with Crippen LogP contribution >= 0.6 is 0 Å². The molecule has 0 saturated carbocycles. The summed E-state index contributed by atoms with van der Waals surface area (Å²) in [5, 5.41) is 9.95.